The molecular formula is C21H19ClN2O4S. The van der Waals surface area contributed by atoms with Gasteiger partial charge < -0.3 is 10.1 Å². The van der Waals surface area contributed by atoms with Crippen molar-refractivity contribution in [3.63, 3.8) is 0 Å². The van der Waals surface area contributed by atoms with Crippen molar-refractivity contribution in [2.45, 2.75) is 11.8 Å². The fraction of sp³-hybridized carbons (Fsp3) is 0.0952. The molecule has 8 heteroatoms. The molecule has 0 fully saturated rings. The number of rotatable bonds is 6. The maximum absolute atomic E-state index is 12.7. The van der Waals surface area contributed by atoms with Gasteiger partial charge in [0.2, 0.25) is 0 Å². The minimum atomic E-state index is -3.87. The molecule has 0 heterocycles. The first-order valence-electron chi connectivity index (χ1n) is 8.63. The lowest BCUT2D eigenvalue weighted by atomic mass is 10.1. The molecule has 1 amide bonds. The number of sulfonamides is 1. The molecule has 29 heavy (non-hydrogen) atoms. The van der Waals surface area contributed by atoms with E-state index in [-0.39, 0.29) is 10.5 Å². The molecule has 0 unspecified atom stereocenters. The van der Waals surface area contributed by atoms with E-state index in [1.165, 1.54) is 25.3 Å². The van der Waals surface area contributed by atoms with Gasteiger partial charge in [0.05, 0.1) is 12.0 Å². The number of amides is 1. The number of aryl methyl sites for hydroxylation is 1. The molecule has 0 spiro atoms. The van der Waals surface area contributed by atoms with Crippen LogP contribution < -0.4 is 14.8 Å². The summed E-state index contributed by atoms with van der Waals surface area (Å²) < 4.78 is 32.9. The Labute approximate surface area is 174 Å². The van der Waals surface area contributed by atoms with E-state index < -0.39 is 15.9 Å². The molecule has 0 atom stereocenters. The highest BCUT2D eigenvalue weighted by molar-refractivity contribution is 7.92. The maximum Gasteiger partial charge on any atom is 0.261 e. The van der Waals surface area contributed by atoms with Crippen LogP contribution in [0.3, 0.4) is 0 Å². The Morgan fingerprint density at radius 2 is 1.72 bits per heavy atom. The Morgan fingerprint density at radius 3 is 2.41 bits per heavy atom. The summed E-state index contributed by atoms with van der Waals surface area (Å²) in [6.07, 6.45) is 0. The van der Waals surface area contributed by atoms with E-state index in [0.717, 1.165) is 5.56 Å². The van der Waals surface area contributed by atoms with Crippen LogP contribution in [-0.2, 0) is 10.0 Å². The minimum absolute atomic E-state index is 0.0243. The van der Waals surface area contributed by atoms with Crippen molar-refractivity contribution < 1.29 is 17.9 Å². The van der Waals surface area contributed by atoms with E-state index in [1.807, 2.05) is 6.92 Å². The fourth-order valence-corrected chi connectivity index (χ4v) is 3.88. The lowest BCUT2D eigenvalue weighted by Gasteiger charge is -2.11. The first-order valence-corrected chi connectivity index (χ1v) is 10.5. The van der Waals surface area contributed by atoms with Gasteiger partial charge in [-0.05, 0) is 67.1 Å². The summed E-state index contributed by atoms with van der Waals surface area (Å²) >= 11 is 5.98. The van der Waals surface area contributed by atoms with Crippen LogP contribution in [0.25, 0.3) is 0 Å². The molecular weight excluding hydrogens is 412 g/mol. The van der Waals surface area contributed by atoms with E-state index >= 15 is 0 Å². The van der Waals surface area contributed by atoms with Crippen molar-refractivity contribution in [1.82, 2.24) is 0 Å². The predicted molar refractivity (Wildman–Crippen MR) is 114 cm³/mol. The molecule has 6 nitrogen and oxygen atoms in total. The summed E-state index contributed by atoms with van der Waals surface area (Å²) in [5.74, 6) is 0.180. The zero-order chi connectivity index (χ0) is 21.0. The van der Waals surface area contributed by atoms with Crippen LogP contribution in [0.5, 0.6) is 5.75 Å². The lowest BCUT2D eigenvalue weighted by Crippen LogP contribution is -2.16. The second kappa shape index (κ2) is 8.55. The molecule has 0 aliphatic rings. The molecule has 2 N–H and O–H groups in total. The van der Waals surface area contributed by atoms with Gasteiger partial charge in [-0.1, -0.05) is 23.7 Å². The van der Waals surface area contributed by atoms with E-state index in [1.54, 1.807) is 48.5 Å². The SMILES string of the molecule is COc1ccc(NS(=O)(=O)c2cccc(C(=O)Nc3cc(Cl)ccc3C)c2)cc1. The molecule has 0 radical (unpaired) electrons. The van der Waals surface area contributed by atoms with Crippen molar-refractivity contribution in [3.05, 3.63) is 82.9 Å². The number of carbonyl (C=O) groups excluding carboxylic acids is 1. The van der Waals surface area contributed by atoms with Crippen molar-refractivity contribution in [1.29, 1.82) is 0 Å². The highest BCUT2D eigenvalue weighted by Crippen LogP contribution is 2.23. The molecule has 3 aromatic carbocycles. The number of hydrogen-bond donors (Lipinski definition) is 2. The van der Waals surface area contributed by atoms with Gasteiger partial charge in [0.25, 0.3) is 15.9 Å². The summed E-state index contributed by atoms with van der Waals surface area (Å²) in [6.45, 7) is 1.84. The van der Waals surface area contributed by atoms with Gasteiger partial charge in [-0.3, -0.25) is 9.52 Å². The highest BCUT2D eigenvalue weighted by atomic mass is 35.5. The standard InChI is InChI=1S/C21H19ClN2O4S/c1-14-6-7-16(22)13-20(14)23-21(25)15-4-3-5-19(12-15)29(26,27)24-17-8-10-18(28-2)11-9-17/h3-13,24H,1-2H3,(H,23,25). The third-order valence-corrected chi connectivity index (χ3v) is 5.81. The summed E-state index contributed by atoms with van der Waals surface area (Å²) in [7, 11) is -2.34. The number of carbonyl (C=O) groups is 1. The van der Waals surface area contributed by atoms with Crippen LogP contribution >= 0.6 is 11.6 Å². The predicted octanol–water partition coefficient (Wildman–Crippen LogP) is 4.71. The van der Waals surface area contributed by atoms with E-state index in [0.29, 0.717) is 22.1 Å². The number of anilines is 2. The number of hydrogen-bond acceptors (Lipinski definition) is 4. The van der Waals surface area contributed by atoms with Crippen LogP contribution in [-0.4, -0.2) is 21.4 Å². The third-order valence-electron chi connectivity index (χ3n) is 4.20. The van der Waals surface area contributed by atoms with Crippen LogP contribution in [0, 0.1) is 6.92 Å². The Kier molecular flexibility index (Phi) is 6.10. The zero-order valence-electron chi connectivity index (χ0n) is 15.8. The smallest absolute Gasteiger partial charge is 0.261 e. The van der Waals surface area contributed by atoms with E-state index in [2.05, 4.69) is 10.0 Å². The van der Waals surface area contributed by atoms with Gasteiger partial charge in [0, 0.05) is 22.0 Å². The summed E-state index contributed by atoms with van der Waals surface area (Å²) in [5.41, 5.74) is 2.00. The lowest BCUT2D eigenvalue weighted by molar-refractivity contribution is 0.102. The summed E-state index contributed by atoms with van der Waals surface area (Å²) in [4.78, 5) is 12.6. The summed E-state index contributed by atoms with van der Waals surface area (Å²) in [6, 6.07) is 17.4. The average molecular weight is 431 g/mol. The van der Waals surface area contributed by atoms with Gasteiger partial charge in [-0.25, -0.2) is 8.42 Å². The largest absolute Gasteiger partial charge is 0.497 e. The topological polar surface area (TPSA) is 84.5 Å². The van der Waals surface area contributed by atoms with Crippen molar-refractivity contribution in [2.24, 2.45) is 0 Å². The van der Waals surface area contributed by atoms with E-state index in [9.17, 15) is 13.2 Å². The molecule has 0 saturated carbocycles. The molecule has 0 aromatic heterocycles. The van der Waals surface area contributed by atoms with Gasteiger partial charge in [0.1, 0.15) is 5.75 Å². The zero-order valence-corrected chi connectivity index (χ0v) is 17.3. The van der Waals surface area contributed by atoms with Crippen LogP contribution in [0.1, 0.15) is 15.9 Å². The van der Waals surface area contributed by atoms with E-state index in [4.69, 9.17) is 16.3 Å². The Hall–Kier alpha value is -3.03. The average Bonchev–Trinajstić information content (AvgIpc) is 2.71. The second-order valence-electron chi connectivity index (χ2n) is 6.28. The Bertz CT molecular complexity index is 1150. The molecule has 0 saturated heterocycles. The fourth-order valence-electron chi connectivity index (χ4n) is 2.60. The van der Waals surface area contributed by atoms with Crippen molar-refractivity contribution in [2.75, 3.05) is 17.1 Å². The first kappa shape index (κ1) is 20.7. The monoisotopic (exact) mass is 430 g/mol. The van der Waals surface area contributed by atoms with Crippen LogP contribution in [0.15, 0.2) is 71.6 Å². The quantitative estimate of drug-likeness (QED) is 0.593. The molecule has 0 bridgehead atoms. The third kappa shape index (κ3) is 5.07. The Balaban J connectivity index is 1.81. The molecule has 0 aliphatic heterocycles. The normalized spacial score (nSPS) is 11.0. The first-order chi connectivity index (χ1) is 13.8. The highest BCUT2D eigenvalue weighted by Gasteiger charge is 2.17. The van der Waals surface area contributed by atoms with Gasteiger partial charge in [-0.15, -0.1) is 0 Å². The second-order valence-corrected chi connectivity index (χ2v) is 8.39. The maximum atomic E-state index is 12.7. The number of ether oxygens (including phenoxy) is 1. The van der Waals surface area contributed by atoms with Crippen LogP contribution in [0.2, 0.25) is 5.02 Å². The van der Waals surface area contributed by atoms with Gasteiger partial charge in [0.15, 0.2) is 0 Å². The number of nitrogens with one attached hydrogen (secondary N) is 2. The molecule has 0 aliphatic carbocycles. The minimum Gasteiger partial charge on any atom is -0.497 e. The summed E-state index contributed by atoms with van der Waals surface area (Å²) in [5, 5.41) is 3.25. The molecule has 150 valence electrons. The van der Waals surface area contributed by atoms with Gasteiger partial charge in [-0.2, -0.15) is 0 Å². The number of methoxy groups -OCH3 is 1. The Morgan fingerprint density at radius 1 is 1.00 bits per heavy atom. The molecule has 3 rings (SSSR count). The van der Waals surface area contributed by atoms with Gasteiger partial charge >= 0.3 is 0 Å². The number of halogens is 1. The number of benzene rings is 3. The van der Waals surface area contributed by atoms with Crippen molar-refractivity contribution >= 4 is 38.9 Å². The van der Waals surface area contributed by atoms with Crippen molar-refractivity contribution in [3.8, 4) is 5.75 Å². The van der Waals surface area contributed by atoms with Crippen LogP contribution in [0.4, 0.5) is 11.4 Å². The molecule has 3 aromatic rings.